The third-order valence-corrected chi connectivity index (χ3v) is 4.44. The van der Waals surface area contributed by atoms with Crippen molar-refractivity contribution in [3.63, 3.8) is 0 Å². The third kappa shape index (κ3) is 4.02. The molecule has 1 aliphatic carbocycles. The van der Waals surface area contributed by atoms with Crippen LogP contribution >= 0.6 is 35.6 Å². The monoisotopic (exact) mass is 421 g/mol. The van der Waals surface area contributed by atoms with Crippen LogP contribution in [0, 0.1) is 0 Å². The van der Waals surface area contributed by atoms with Gasteiger partial charge in [-0.1, -0.05) is 23.7 Å². The zero-order chi connectivity index (χ0) is 14.0. The quantitative estimate of drug-likeness (QED) is 0.464. The molecule has 1 heterocycles. The second-order valence-electron chi connectivity index (χ2n) is 5.56. The van der Waals surface area contributed by atoms with Crippen LogP contribution in [0.25, 0.3) is 0 Å². The van der Waals surface area contributed by atoms with Gasteiger partial charge in [-0.15, -0.1) is 24.0 Å². The molecule has 1 saturated heterocycles. The van der Waals surface area contributed by atoms with Crippen molar-refractivity contribution in [1.82, 2.24) is 4.90 Å². The molecule has 21 heavy (non-hydrogen) atoms. The zero-order valence-corrected chi connectivity index (χ0v) is 15.0. The van der Waals surface area contributed by atoms with Crippen LogP contribution in [0.15, 0.2) is 29.3 Å². The van der Waals surface area contributed by atoms with Gasteiger partial charge in [0.15, 0.2) is 5.96 Å². The summed E-state index contributed by atoms with van der Waals surface area (Å²) >= 11 is 5.95. The number of morpholine rings is 1. The molecule has 0 bridgehead atoms. The number of nitrogens with zero attached hydrogens (tertiary/aromatic N) is 2. The summed E-state index contributed by atoms with van der Waals surface area (Å²) in [6, 6.07) is 8.11. The maximum absolute atomic E-state index is 6.08. The SMILES string of the molecule is I.NC(=NCC1(c2ccc(Cl)cc2)CC1)N1CCOCC1. The van der Waals surface area contributed by atoms with Crippen LogP contribution in [0.5, 0.6) is 0 Å². The van der Waals surface area contributed by atoms with E-state index in [0.717, 1.165) is 37.9 Å². The molecular formula is C15H21ClIN3O. The van der Waals surface area contributed by atoms with Crippen molar-refractivity contribution >= 4 is 41.5 Å². The molecule has 2 fully saturated rings. The molecule has 0 aromatic heterocycles. The fraction of sp³-hybridized carbons (Fsp3) is 0.533. The molecule has 1 aromatic rings. The Morgan fingerprint density at radius 2 is 1.86 bits per heavy atom. The Labute approximate surface area is 147 Å². The van der Waals surface area contributed by atoms with Crippen molar-refractivity contribution in [2.75, 3.05) is 32.8 Å². The van der Waals surface area contributed by atoms with E-state index in [2.05, 4.69) is 22.0 Å². The highest BCUT2D eigenvalue weighted by atomic mass is 127. The van der Waals surface area contributed by atoms with Crippen molar-refractivity contribution in [1.29, 1.82) is 0 Å². The number of rotatable bonds is 3. The van der Waals surface area contributed by atoms with E-state index < -0.39 is 0 Å². The Balaban J connectivity index is 0.00000161. The molecule has 0 unspecified atom stereocenters. The van der Waals surface area contributed by atoms with Gasteiger partial charge in [0.05, 0.1) is 19.8 Å². The van der Waals surface area contributed by atoms with E-state index in [1.807, 2.05) is 12.1 Å². The van der Waals surface area contributed by atoms with Gasteiger partial charge in [0, 0.05) is 23.5 Å². The number of hydrogen-bond donors (Lipinski definition) is 1. The van der Waals surface area contributed by atoms with Gasteiger partial charge >= 0.3 is 0 Å². The maximum Gasteiger partial charge on any atom is 0.191 e. The molecule has 0 atom stereocenters. The van der Waals surface area contributed by atoms with Crippen LogP contribution in [-0.4, -0.2) is 43.7 Å². The summed E-state index contributed by atoms with van der Waals surface area (Å²) in [6.45, 7) is 3.90. The molecule has 116 valence electrons. The van der Waals surface area contributed by atoms with Gasteiger partial charge in [-0.05, 0) is 30.5 Å². The molecule has 1 aromatic carbocycles. The largest absolute Gasteiger partial charge is 0.378 e. The van der Waals surface area contributed by atoms with Crippen molar-refractivity contribution in [2.45, 2.75) is 18.3 Å². The first-order valence-electron chi connectivity index (χ1n) is 7.08. The first-order valence-corrected chi connectivity index (χ1v) is 7.46. The minimum absolute atomic E-state index is 0. The molecule has 0 amide bonds. The summed E-state index contributed by atoms with van der Waals surface area (Å²) in [7, 11) is 0. The number of nitrogens with two attached hydrogens (primary N) is 1. The van der Waals surface area contributed by atoms with Crippen molar-refractivity contribution in [3.8, 4) is 0 Å². The highest BCUT2D eigenvalue weighted by Crippen LogP contribution is 2.48. The van der Waals surface area contributed by atoms with Crippen LogP contribution in [0.3, 0.4) is 0 Å². The van der Waals surface area contributed by atoms with Gasteiger partial charge in [0.25, 0.3) is 0 Å². The van der Waals surface area contributed by atoms with E-state index in [9.17, 15) is 0 Å². The van der Waals surface area contributed by atoms with Gasteiger partial charge in [0.2, 0.25) is 0 Å². The van der Waals surface area contributed by atoms with Crippen LogP contribution in [0.4, 0.5) is 0 Å². The summed E-state index contributed by atoms with van der Waals surface area (Å²) in [4.78, 5) is 6.71. The van der Waals surface area contributed by atoms with Gasteiger partial charge < -0.3 is 15.4 Å². The number of halogens is 2. The lowest BCUT2D eigenvalue weighted by Crippen LogP contribution is -2.45. The van der Waals surface area contributed by atoms with Gasteiger partial charge in [0.1, 0.15) is 0 Å². The summed E-state index contributed by atoms with van der Waals surface area (Å²) < 4.78 is 5.32. The maximum atomic E-state index is 6.08. The smallest absolute Gasteiger partial charge is 0.191 e. The fourth-order valence-corrected chi connectivity index (χ4v) is 2.74. The molecule has 1 saturated carbocycles. The summed E-state index contributed by atoms with van der Waals surface area (Å²) in [5, 5.41) is 0.779. The Morgan fingerprint density at radius 1 is 1.24 bits per heavy atom. The van der Waals surface area contributed by atoms with Gasteiger partial charge in [-0.3, -0.25) is 4.99 Å². The highest BCUT2D eigenvalue weighted by Gasteiger charge is 2.44. The van der Waals surface area contributed by atoms with Crippen molar-refractivity contribution in [3.05, 3.63) is 34.9 Å². The van der Waals surface area contributed by atoms with Crippen LogP contribution in [0.2, 0.25) is 5.02 Å². The van der Waals surface area contributed by atoms with Crippen LogP contribution < -0.4 is 5.73 Å². The minimum atomic E-state index is 0. The van der Waals surface area contributed by atoms with E-state index in [4.69, 9.17) is 22.1 Å². The molecule has 3 rings (SSSR count). The Kier molecular flexibility index (Phi) is 5.73. The van der Waals surface area contributed by atoms with Crippen molar-refractivity contribution < 1.29 is 4.74 Å². The Bertz CT molecular complexity index is 496. The lowest BCUT2D eigenvalue weighted by molar-refractivity contribution is 0.0674. The molecule has 2 aliphatic rings. The second-order valence-corrected chi connectivity index (χ2v) is 6.00. The molecule has 6 heteroatoms. The number of guanidine groups is 1. The first kappa shape index (κ1) is 16.8. The number of hydrogen-bond acceptors (Lipinski definition) is 2. The Morgan fingerprint density at radius 3 is 2.43 bits per heavy atom. The van der Waals surface area contributed by atoms with E-state index in [1.54, 1.807) is 0 Å². The lowest BCUT2D eigenvalue weighted by atomic mass is 9.96. The van der Waals surface area contributed by atoms with Crippen LogP contribution in [0.1, 0.15) is 18.4 Å². The van der Waals surface area contributed by atoms with Gasteiger partial charge in [-0.2, -0.15) is 0 Å². The van der Waals surface area contributed by atoms with E-state index in [0.29, 0.717) is 5.96 Å². The van der Waals surface area contributed by atoms with Gasteiger partial charge in [-0.25, -0.2) is 0 Å². The van der Waals surface area contributed by atoms with E-state index in [1.165, 1.54) is 18.4 Å². The molecule has 0 spiro atoms. The molecule has 0 radical (unpaired) electrons. The van der Waals surface area contributed by atoms with Crippen LogP contribution in [-0.2, 0) is 10.2 Å². The second kappa shape index (κ2) is 7.15. The highest BCUT2D eigenvalue weighted by molar-refractivity contribution is 14.0. The topological polar surface area (TPSA) is 50.8 Å². The zero-order valence-electron chi connectivity index (χ0n) is 11.9. The standard InChI is InChI=1S/C15H20ClN3O.HI/c16-13-3-1-12(2-4-13)15(5-6-15)11-18-14(17)19-7-9-20-10-8-19;/h1-4H,5-11H2,(H2,17,18);1H. The minimum Gasteiger partial charge on any atom is -0.378 e. The molecule has 2 N–H and O–H groups in total. The summed E-state index contributed by atoms with van der Waals surface area (Å²) in [5.74, 6) is 0.647. The molecule has 4 nitrogen and oxygen atoms in total. The van der Waals surface area contributed by atoms with E-state index >= 15 is 0 Å². The molecule has 1 aliphatic heterocycles. The Hall–Kier alpha value is -0.530. The van der Waals surface area contributed by atoms with E-state index in [-0.39, 0.29) is 29.4 Å². The average Bonchev–Trinajstić information content (AvgIpc) is 3.27. The van der Waals surface area contributed by atoms with Crippen molar-refractivity contribution in [2.24, 2.45) is 10.7 Å². The number of benzene rings is 1. The fourth-order valence-electron chi connectivity index (χ4n) is 2.62. The summed E-state index contributed by atoms with van der Waals surface area (Å²) in [6.07, 6.45) is 2.35. The average molecular weight is 422 g/mol. The predicted molar refractivity (Wildman–Crippen MR) is 96.7 cm³/mol. The third-order valence-electron chi connectivity index (χ3n) is 4.19. The normalized spacial score (nSPS) is 20.8. The number of ether oxygens (including phenoxy) is 1. The molecular weight excluding hydrogens is 401 g/mol. The predicted octanol–water partition coefficient (Wildman–Crippen LogP) is 2.64. The number of aliphatic imine (C=N–C) groups is 1. The first-order chi connectivity index (χ1) is 9.70. The lowest BCUT2D eigenvalue weighted by Gasteiger charge is -2.28. The summed E-state index contributed by atoms with van der Waals surface area (Å²) in [5.41, 5.74) is 7.59.